The Kier molecular flexibility index (Phi) is 3.70. The maximum absolute atomic E-state index is 12.9. The van der Waals surface area contributed by atoms with E-state index in [0.29, 0.717) is 0 Å². The molecule has 0 radical (unpaired) electrons. The minimum Gasteiger partial charge on any atom is -0.336 e. The zero-order valence-electron chi connectivity index (χ0n) is 8.68. The number of primary sulfonamides is 1. The van der Waals surface area contributed by atoms with Crippen LogP contribution in [0.15, 0.2) is 24.3 Å². The topological polar surface area (TPSA) is 80.4 Å². The molecule has 0 bridgehead atoms. The van der Waals surface area contributed by atoms with Gasteiger partial charge in [0.1, 0.15) is 17.3 Å². The third-order valence-corrected chi connectivity index (χ3v) is 4.40. The van der Waals surface area contributed by atoms with Gasteiger partial charge >= 0.3 is 6.11 Å². The second-order valence-corrected chi connectivity index (χ2v) is 5.64. The molecule has 2 atom stereocenters. The molecule has 0 saturated heterocycles. The number of halogens is 3. The molecular formula is C9H12F3NO3S. The van der Waals surface area contributed by atoms with Crippen molar-refractivity contribution >= 4 is 10.0 Å². The first-order valence-corrected chi connectivity index (χ1v) is 6.22. The van der Waals surface area contributed by atoms with Crippen LogP contribution in [0.1, 0.15) is 6.42 Å². The van der Waals surface area contributed by atoms with Gasteiger partial charge in [0, 0.05) is 0 Å². The maximum atomic E-state index is 12.9. The highest BCUT2D eigenvalue weighted by molar-refractivity contribution is 7.90. The van der Waals surface area contributed by atoms with Crippen LogP contribution in [0, 0.1) is 5.92 Å². The van der Waals surface area contributed by atoms with Crippen molar-refractivity contribution < 1.29 is 26.7 Å². The lowest BCUT2D eigenvalue weighted by Gasteiger charge is -2.37. The Labute approximate surface area is 96.7 Å². The van der Waals surface area contributed by atoms with Crippen LogP contribution in [0.4, 0.5) is 13.2 Å². The molecule has 0 heterocycles. The summed E-state index contributed by atoms with van der Waals surface area (Å²) in [6.07, 6.45) is -0.115. The van der Waals surface area contributed by atoms with Gasteiger partial charge in [0.15, 0.2) is 0 Å². The lowest BCUT2D eigenvalue weighted by atomic mass is 9.85. The van der Waals surface area contributed by atoms with Crippen molar-refractivity contribution in [3.8, 4) is 0 Å². The Balaban J connectivity index is 3.35. The van der Waals surface area contributed by atoms with E-state index in [0.717, 1.165) is 6.08 Å². The Bertz CT molecular complexity index is 441. The van der Waals surface area contributed by atoms with Crippen LogP contribution in [0.3, 0.4) is 0 Å². The van der Waals surface area contributed by atoms with Crippen molar-refractivity contribution in [1.29, 1.82) is 0 Å². The van der Waals surface area contributed by atoms with Gasteiger partial charge in [0.2, 0.25) is 10.0 Å². The number of aliphatic hydroxyl groups is 1. The van der Waals surface area contributed by atoms with E-state index < -0.39 is 39.9 Å². The molecule has 3 N–H and O–H groups in total. The highest BCUT2D eigenvalue weighted by atomic mass is 32.2. The van der Waals surface area contributed by atoms with Gasteiger partial charge in [-0.3, -0.25) is 4.39 Å². The van der Waals surface area contributed by atoms with Gasteiger partial charge in [0.05, 0.1) is 0 Å². The van der Waals surface area contributed by atoms with E-state index in [4.69, 9.17) is 10.2 Å². The van der Waals surface area contributed by atoms with Crippen molar-refractivity contribution in [2.45, 2.75) is 17.3 Å². The third kappa shape index (κ3) is 2.53. The van der Waals surface area contributed by atoms with Crippen LogP contribution in [0.25, 0.3) is 0 Å². The minimum atomic E-state index is -4.50. The summed E-state index contributed by atoms with van der Waals surface area (Å²) >= 11 is 0. The molecule has 1 rings (SSSR count). The SMILES string of the molecule is NS(=O)(=O)C1(C(CF)C(O)(F)F)C=CC=CC1. The number of allylic oxidation sites excluding steroid dienone is 3. The second kappa shape index (κ2) is 4.43. The Hall–Kier alpha value is -0.860. The molecule has 2 unspecified atom stereocenters. The molecular weight excluding hydrogens is 259 g/mol. The fourth-order valence-electron chi connectivity index (χ4n) is 1.80. The number of hydrogen-bond donors (Lipinski definition) is 2. The number of hydrogen-bond acceptors (Lipinski definition) is 3. The summed E-state index contributed by atoms with van der Waals surface area (Å²) in [4.78, 5) is 0. The van der Waals surface area contributed by atoms with Crippen molar-refractivity contribution in [2.75, 3.05) is 6.67 Å². The number of alkyl halides is 3. The fourth-order valence-corrected chi connectivity index (χ4v) is 3.00. The Morgan fingerprint density at radius 3 is 2.35 bits per heavy atom. The first-order chi connectivity index (χ1) is 7.65. The van der Waals surface area contributed by atoms with Crippen molar-refractivity contribution in [3.05, 3.63) is 24.3 Å². The third-order valence-electron chi connectivity index (χ3n) is 2.76. The monoisotopic (exact) mass is 271 g/mol. The van der Waals surface area contributed by atoms with Crippen LogP contribution >= 0.6 is 0 Å². The quantitative estimate of drug-likeness (QED) is 0.789. The predicted molar refractivity (Wildman–Crippen MR) is 55.4 cm³/mol. The van der Waals surface area contributed by atoms with Crippen molar-refractivity contribution in [1.82, 2.24) is 0 Å². The first-order valence-electron chi connectivity index (χ1n) is 4.68. The zero-order chi connectivity index (χ0) is 13.3. The highest BCUT2D eigenvalue weighted by Crippen LogP contribution is 2.41. The molecule has 8 heteroatoms. The molecule has 0 saturated carbocycles. The molecule has 0 aromatic carbocycles. The summed E-state index contributed by atoms with van der Waals surface area (Å²) in [6.45, 7) is -1.71. The summed E-state index contributed by atoms with van der Waals surface area (Å²) in [5.41, 5.74) is 0. The van der Waals surface area contributed by atoms with Gasteiger partial charge in [-0.05, 0) is 6.42 Å². The Morgan fingerprint density at radius 1 is 1.47 bits per heavy atom. The largest absolute Gasteiger partial charge is 0.360 e. The van der Waals surface area contributed by atoms with Crippen molar-refractivity contribution in [3.63, 3.8) is 0 Å². The molecule has 0 aromatic rings. The molecule has 0 amide bonds. The summed E-state index contributed by atoms with van der Waals surface area (Å²) < 4.78 is 59.0. The van der Waals surface area contributed by atoms with Gasteiger partial charge in [0.25, 0.3) is 0 Å². The van der Waals surface area contributed by atoms with E-state index in [-0.39, 0.29) is 0 Å². The molecule has 1 aliphatic carbocycles. The number of nitrogens with two attached hydrogens (primary N) is 1. The molecule has 98 valence electrons. The van der Waals surface area contributed by atoms with Crippen LogP contribution in [0.5, 0.6) is 0 Å². The van der Waals surface area contributed by atoms with Gasteiger partial charge in [-0.1, -0.05) is 24.3 Å². The van der Waals surface area contributed by atoms with E-state index in [9.17, 15) is 21.6 Å². The average molecular weight is 271 g/mol. The lowest BCUT2D eigenvalue weighted by molar-refractivity contribution is -0.244. The summed E-state index contributed by atoms with van der Waals surface area (Å²) in [6, 6.07) is 0. The van der Waals surface area contributed by atoms with Gasteiger partial charge < -0.3 is 5.11 Å². The van der Waals surface area contributed by atoms with Gasteiger partial charge in [-0.2, -0.15) is 8.78 Å². The van der Waals surface area contributed by atoms with Crippen molar-refractivity contribution in [2.24, 2.45) is 11.1 Å². The van der Waals surface area contributed by atoms with Crippen LogP contribution < -0.4 is 5.14 Å². The highest BCUT2D eigenvalue weighted by Gasteiger charge is 2.57. The number of rotatable bonds is 4. The summed E-state index contributed by atoms with van der Waals surface area (Å²) in [5.74, 6) is -2.44. The van der Waals surface area contributed by atoms with Gasteiger partial charge in [-0.25, -0.2) is 13.6 Å². The van der Waals surface area contributed by atoms with Gasteiger partial charge in [-0.15, -0.1) is 0 Å². The lowest BCUT2D eigenvalue weighted by Crippen LogP contribution is -2.55. The predicted octanol–water partition coefficient (Wildman–Crippen LogP) is 0.701. The molecule has 0 spiro atoms. The standard InChI is InChI=1S/C9H12F3NO3S/c10-6-7(9(11,12)14)8(17(13,15)16)4-2-1-3-5-8/h1-4,7,14H,5-6H2,(H2,13,15,16). The van der Waals surface area contributed by atoms with E-state index in [1.165, 1.54) is 18.2 Å². The fraction of sp³-hybridized carbons (Fsp3) is 0.556. The number of sulfonamides is 1. The first kappa shape index (κ1) is 14.2. The van der Waals surface area contributed by atoms with E-state index in [1.54, 1.807) is 0 Å². The summed E-state index contributed by atoms with van der Waals surface area (Å²) in [5, 5.41) is 13.5. The molecule has 4 nitrogen and oxygen atoms in total. The van der Waals surface area contributed by atoms with E-state index in [2.05, 4.69) is 0 Å². The summed E-state index contributed by atoms with van der Waals surface area (Å²) in [7, 11) is -4.50. The Morgan fingerprint density at radius 2 is 2.06 bits per heavy atom. The molecule has 0 fully saturated rings. The zero-order valence-corrected chi connectivity index (χ0v) is 9.50. The molecule has 0 aliphatic heterocycles. The maximum Gasteiger partial charge on any atom is 0.360 e. The van der Waals surface area contributed by atoms with Crippen LogP contribution in [-0.2, 0) is 10.0 Å². The normalized spacial score (nSPS) is 27.1. The molecule has 17 heavy (non-hydrogen) atoms. The van der Waals surface area contributed by atoms with E-state index >= 15 is 0 Å². The molecule has 0 aromatic heterocycles. The van der Waals surface area contributed by atoms with Crippen LogP contribution in [0.2, 0.25) is 0 Å². The van der Waals surface area contributed by atoms with Crippen LogP contribution in [-0.4, -0.2) is 31.1 Å². The smallest absolute Gasteiger partial charge is 0.336 e. The second-order valence-electron chi connectivity index (χ2n) is 3.79. The average Bonchev–Trinajstić information content (AvgIpc) is 2.16. The molecule has 1 aliphatic rings. The minimum absolute atomic E-state index is 0.410. The van der Waals surface area contributed by atoms with E-state index in [1.807, 2.05) is 0 Å².